The molecule has 0 saturated carbocycles. The number of nitrogens with zero attached hydrogens (tertiary/aromatic N) is 1. The van der Waals surface area contributed by atoms with Crippen LogP contribution >= 0.6 is 0 Å². The number of benzene rings is 2. The van der Waals surface area contributed by atoms with Crippen LogP contribution in [0.3, 0.4) is 0 Å². The lowest BCUT2D eigenvalue weighted by Gasteiger charge is -2.26. The van der Waals surface area contributed by atoms with E-state index in [0.717, 1.165) is 44.0 Å². The van der Waals surface area contributed by atoms with Gasteiger partial charge in [-0.15, -0.1) is 0 Å². The highest BCUT2D eigenvalue weighted by Crippen LogP contribution is 2.34. The molecular weight excluding hydrogens is 414 g/mol. The van der Waals surface area contributed by atoms with Gasteiger partial charge in [0.15, 0.2) is 0 Å². The summed E-state index contributed by atoms with van der Waals surface area (Å²) in [6.07, 6.45) is 3.61. The van der Waals surface area contributed by atoms with Gasteiger partial charge < -0.3 is 10.1 Å². The SMILES string of the molecule is C=CN/C=C(\C)C(c1cccc(C(=O)NOCCN2CCOCC2)c1)c1cccc(C)c1C. The van der Waals surface area contributed by atoms with Gasteiger partial charge in [-0.05, 0) is 66.9 Å². The maximum atomic E-state index is 12.8. The summed E-state index contributed by atoms with van der Waals surface area (Å²) in [7, 11) is 0. The van der Waals surface area contributed by atoms with Crippen LogP contribution in [0.25, 0.3) is 0 Å². The molecule has 0 aliphatic carbocycles. The normalized spacial score (nSPS) is 15.7. The van der Waals surface area contributed by atoms with Crippen molar-refractivity contribution in [3.05, 3.63) is 94.8 Å². The van der Waals surface area contributed by atoms with Crippen molar-refractivity contribution in [2.75, 3.05) is 39.5 Å². The minimum atomic E-state index is -0.246. The molecule has 1 unspecified atom stereocenters. The molecule has 6 nitrogen and oxygen atoms in total. The zero-order valence-electron chi connectivity index (χ0n) is 19.9. The fraction of sp³-hybridized carbons (Fsp3) is 0.370. The smallest absolute Gasteiger partial charge is 0.274 e. The number of amides is 1. The number of hydroxylamine groups is 1. The van der Waals surface area contributed by atoms with Gasteiger partial charge in [-0.25, -0.2) is 5.48 Å². The topological polar surface area (TPSA) is 62.8 Å². The van der Waals surface area contributed by atoms with Gasteiger partial charge in [0.05, 0.1) is 19.8 Å². The summed E-state index contributed by atoms with van der Waals surface area (Å²) in [5.74, 6) is -0.239. The fourth-order valence-corrected chi connectivity index (χ4v) is 4.08. The standard InChI is InChI=1S/C27H35N3O3/c1-5-28-19-21(3)26(25-11-6-8-20(2)22(25)4)23-9-7-10-24(18-23)27(31)29-33-17-14-30-12-15-32-16-13-30/h5-11,18-19,26,28H,1,12-17H2,2-4H3,(H,29,31)/b21-19+. The maximum absolute atomic E-state index is 12.8. The van der Waals surface area contributed by atoms with Crippen LogP contribution in [0.15, 0.2) is 67.0 Å². The number of carbonyl (C=O) groups is 1. The monoisotopic (exact) mass is 449 g/mol. The number of hydrogen-bond acceptors (Lipinski definition) is 5. The Kier molecular flexibility index (Phi) is 9.24. The maximum Gasteiger partial charge on any atom is 0.274 e. The summed E-state index contributed by atoms with van der Waals surface area (Å²) in [5.41, 5.74) is 9.04. The Morgan fingerprint density at radius 2 is 1.97 bits per heavy atom. The number of nitrogens with one attached hydrogen (secondary N) is 2. The van der Waals surface area contributed by atoms with Crippen LogP contribution in [-0.2, 0) is 9.57 Å². The quantitative estimate of drug-likeness (QED) is 0.423. The molecule has 176 valence electrons. The van der Waals surface area contributed by atoms with Crippen molar-refractivity contribution in [3.8, 4) is 0 Å². The van der Waals surface area contributed by atoms with Crippen LogP contribution in [0.1, 0.15) is 45.5 Å². The first kappa shape index (κ1) is 24.7. The highest BCUT2D eigenvalue weighted by molar-refractivity contribution is 5.93. The minimum Gasteiger partial charge on any atom is -0.379 e. The van der Waals surface area contributed by atoms with Crippen LogP contribution in [0.4, 0.5) is 0 Å². The number of allylic oxidation sites excluding steroid dienone is 1. The fourth-order valence-electron chi connectivity index (χ4n) is 4.08. The lowest BCUT2D eigenvalue weighted by atomic mass is 9.82. The van der Waals surface area contributed by atoms with E-state index < -0.39 is 0 Å². The van der Waals surface area contributed by atoms with Crippen molar-refractivity contribution < 1.29 is 14.4 Å². The molecule has 1 fully saturated rings. The van der Waals surface area contributed by atoms with E-state index in [0.29, 0.717) is 12.2 Å². The molecule has 1 aliphatic rings. The van der Waals surface area contributed by atoms with Crippen molar-refractivity contribution in [2.45, 2.75) is 26.7 Å². The van der Waals surface area contributed by atoms with E-state index in [1.165, 1.54) is 16.7 Å². The summed E-state index contributed by atoms with van der Waals surface area (Å²) in [6.45, 7) is 14.6. The number of aryl methyl sites for hydroxylation is 1. The molecule has 1 atom stereocenters. The Hall–Kier alpha value is -2.93. The van der Waals surface area contributed by atoms with Crippen molar-refractivity contribution in [3.63, 3.8) is 0 Å². The Labute approximate surface area is 197 Å². The second-order valence-electron chi connectivity index (χ2n) is 8.34. The van der Waals surface area contributed by atoms with Gasteiger partial charge in [-0.2, -0.15) is 0 Å². The molecular formula is C27H35N3O3. The predicted octanol–water partition coefficient (Wildman–Crippen LogP) is 4.07. The van der Waals surface area contributed by atoms with E-state index in [4.69, 9.17) is 9.57 Å². The zero-order valence-corrected chi connectivity index (χ0v) is 19.9. The highest BCUT2D eigenvalue weighted by Gasteiger charge is 2.20. The van der Waals surface area contributed by atoms with E-state index in [1.807, 2.05) is 24.4 Å². The average Bonchev–Trinajstić information content (AvgIpc) is 2.84. The van der Waals surface area contributed by atoms with Gasteiger partial charge in [-0.1, -0.05) is 36.9 Å². The van der Waals surface area contributed by atoms with Gasteiger partial charge in [0.2, 0.25) is 0 Å². The van der Waals surface area contributed by atoms with Crippen molar-refractivity contribution in [1.82, 2.24) is 15.7 Å². The largest absolute Gasteiger partial charge is 0.379 e. The summed E-state index contributed by atoms with van der Waals surface area (Å²) in [5, 5.41) is 3.09. The van der Waals surface area contributed by atoms with Crippen LogP contribution in [0.5, 0.6) is 0 Å². The Morgan fingerprint density at radius 1 is 1.21 bits per heavy atom. The third-order valence-corrected chi connectivity index (χ3v) is 6.10. The number of morpholine rings is 1. The summed E-state index contributed by atoms with van der Waals surface area (Å²) >= 11 is 0. The van der Waals surface area contributed by atoms with E-state index in [9.17, 15) is 4.79 Å². The lowest BCUT2D eigenvalue weighted by Crippen LogP contribution is -2.39. The molecule has 6 heteroatoms. The van der Waals surface area contributed by atoms with Gasteiger partial charge in [-0.3, -0.25) is 14.5 Å². The first-order valence-corrected chi connectivity index (χ1v) is 11.4. The second-order valence-corrected chi connectivity index (χ2v) is 8.34. The highest BCUT2D eigenvalue weighted by atomic mass is 16.7. The second kappa shape index (κ2) is 12.3. The number of carbonyl (C=O) groups excluding carboxylic acids is 1. The van der Waals surface area contributed by atoms with Gasteiger partial charge >= 0.3 is 0 Å². The molecule has 2 aromatic rings. The van der Waals surface area contributed by atoms with E-state index in [-0.39, 0.29) is 11.8 Å². The minimum absolute atomic E-state index is 0.00680. The average molecular weight is 450 g/mol. The molecule has 0 spiro atoms. The van der Waals surface area contributed by atoms with E-state index >= 15 is 0 Å². The van der Waals surface area contributed by atoms with Crippen LogP contribution in [0, 0.1) is 13.8 Å². The predicted molar refractivity (Wildman–Crippen MR) is 132 cm³/mol. The zero-order chi connectivity index (χ0) is 23.6. The third kappa shape index (κ3) is 6.78. The molecule has 2 N–H and O–H groups in total. The van der Waals surface area contributed by atoms with Crippen molar-refractivity contribution >= 4 is 5.91 Å². The van der Waals surface area contributed by atoms with E-state index in [1.54, 1.807) is 6.20 Å². The molecule has 1 amide bonds. The van der Waals surface area contributed by atoms with Crippen molar-refractivity contribution in [1.29, 1.82) is 0 Å². The molecule has 1 aliphatic heterocycles. The molecule has 0 aromatic heterocycles. The van der Waals surface area contributed by atoms with Gasteiger partial charge in [0.25, 0.3) is 5.91 Å². The molecule has 1 heterocycles. The molecule has 0 radical (unpaired) electrons. The Morgan fingerprint density at radius 3 is 2.73 bits per heavy atom. The van der Waals surface area contributed by atoms with Gasteiger partial charge in [0.1, 0.15) is 0 Å². The molecule has 3 rings (SSSR count). The van der Waals surface area contributed by atoms with Gasteiger partial charge in [0, 0.05) is 37.3 Å². The van der Waals surface area contributed by atoms with Crippen LogP contribution in [0.2, 0.25) is 0 Å². The summed E-state index contributed by atoms with van der Waals surface area (Å²) in [4.78, 5) is 20.5. The lowest BCUT2D eigenvalue weighted by molar-refractivity contribution is -0.00177. The van der Waals surface area contributed by atoms with Crippen LogP contribution < -0.4 is 10.8 Å². The third-order valence-electron chi connectivity index (χ3n) is 6.10. The first-order valence-electron chi connectivity index (χ1n) is 11.4. The number of ether oxygens (including phenoxy) is 1. The first-order chi connectivity index (χ1) is 16.0. The van der Waals surface area contributed by atoms with E-state index in [2.05, 4.69) is 67.3 Å². The molecule has 33 heavy (non-hydrogen) atoms. The Balaban J connectivity index is 1.75. The Bertz CT molecular complexity index is 980. The summed E-state index contributed by atoms with van der Waals surface area (Å²) < 4.78 is 5.35. The molecule has 0 bridgehead atoms. The summed E-state index contributed by atoms with van der Waals surface area (Å²) in [6, 6.07) is 14.1. The number of hydrogen-bond donors (Lipinski definition) is 2. The van der Waals surface area contributed by atoms with Crippen LogP contribution in [-0.4, -0.2) is 50.3 Å². The molecule has 1 saturated heterocycles. The number of rotatable bonds is 10. The molecule has 2 aromatic carbocycles. The van der Waals surface area contributed by atoms with Crippen molar-refractivity contribution in [2.24, 2.45) is 0 Å².